The van der Waals surface area contributed by atoms with Crippen LogP contribution in [0.5, 0.6) is 0 Å². The Kier molecular flexibility index (Phi) is 4.03. The Labute approximate surface area is 94.8 Å². The van der Waals surface area contributed by atoms with Gasteiger partial charge in [0.05, 0.1) is 5.54 Å². The lowest BCUT2D eigenvalue weighted by molar-refractivity contribution is 0.156. The SMILES string of the molecule is COCc1cc(C(=NC(C)(C)C)NN)no1. The number of nitrogens with zero attached hydrogens (tertiary/aromatic N) is 2. The van der Waals surface area contributed by atoms with Crippen LogP contribution in [0.25, 0.3) is 0 Å². The molecule has 0 amide bonds. The number of nitrogens with one attached hydrogen (secondary N) is 1. The topological polar surface area (TPSA) is 85.7 Å². The van der Waals surface area contributed by atoms with Gasteiger partial charge in [0.25, 0.3) is 0 Å². The first-order valence-corrected chi connectivity index (χ1v) is 4.97. The molecule has 6 heteroatoms. The molecule has 0 aliphatic heterocycles. The predicted molar refractivity (Wildman–Crippen MR) is 60.8 cm³/mol. The molecule has 6 nitrogen and oxygen atoms in total. The molecule has 0 saturated heterocycles. The number of hydrazine groups is 1. The Morgan fingerprint density at radius 2 is 2.31 bits per heavy atom. The summed E-state index contributed by atoms with van der Waals surface area (Å²) < 4.78 is 9.98. The summed E-state index contributed by atoms with van der Waals surface area (Å²) in [4.78, 5) is 4.39. The van der Waals surface area contributed by atoms with Crippen LogP contribution in [0, 0.1) is 0 Å². The van der Waals surface area contributed by atoms with Crippen LogP contribution in [-0.2, 0) is 11.3 Å². The molecule has 0 aliphatic carbocycles. The number of methoxy groups -OCH3 is 1. The van der Waals surface area contributed by atoms with Crippen LogP contribution in [0.4, 0.5) is 0 Å². The van der Waals surface area contributed by atoms with Crippen molar-refractivity contribution in [2.75, 3.05) is 7.11 Å². The molecule has 0 saturated carbocycles. The highest BCUT2D eigenvalue weighted by Gasteiger charge is 2.14. The third-order valence-electron chi connectivity index (χ3n) is 1.67. The van der Waals surface area contributed by atoms with Gasteiger partial charge in [-0.25, -0.2) is 5.84 Å². The van der Waals surface area contributed by atoms with Gasteiger partial charge in [-0.1, -0.05) is 5.16 Å². The summed E-state index contributed by atoms with van der Waals surface area (Å²) in [6.07, 6.45) is 0. The number of aliphatic imine (C=N–C) groups is 1. The van der Waals surface area contributed by atoms with Gasteiger partial charge in [-0.05, 0) is 20.8 Å². The summed E-state index contributed by atoms with van der Waals surface area (Å²) in [6, 6.07) is 1.74. The number of aromatic nitrogens is 1. The number of rotatable bonds is 3. The number of ether oxygens (including phenoxy) is 1. The first-order chi connectivity index (χ1) is 7.46. The molecule has 0 spiro atoms. The fraction of sp³-hybridized carbons (Fsp3) is 0.600. The molecule has 1 aromatic rings. The molecule has 1 rings (SSSR count). The first kappa shape index (κ1) is 12.7. The van der Waals surface area contributed by atoms with E-state index < -0.39 is 0 Å². The Hall–Kier alpha value is -1.40. The van der Waals surface area contributed by atoms with E-state index in [1.807, 2.05) is 20.8 Å². The molecule has 0 aromatic carbocycles. The minimum atomic E-state index is -0.234. The molecule has 3 N–H and O–H groups in total. The summed E-state index contributed by atoms with van der Waals surface area (Å²) in [5.74, 6) is 6.53. The van der Waals surface area contributed by atoms with Crippen molar-refractivity contribution in [3.8, 4) is 0 Å². The van der Waals surface area contributed by atoms with Crippen molar-refractivity contribution < 1.29 is 9.26 Å². The maximum absolute atomic E-state index is 5.40. The van der Waals surface area contributed by atoms with Crippen molar-refractivity contribution in [1.29, 1.82) is 0 Å². The van der Waals surface area contributed by atoms with Crippen molar-refractivity contribution in [2.24, 2.45) is 10.8 Å². The van der Waals surface area contributed by atoms with Crippen LogP contribution in [0.3, 0.4) is 0 Å². The van der Waals surface area contributed by atoms with Crippen LogP contribution in [-0.4, -0.2) is 23.6 Å². The summed E-state index contributed by atoms with van der Waals surface area (Å²) in [6.45, 7) is 6.29. The average Bonchev–Trinajstić information content (AvgIpc) is 2.62. The lowest BCUT2D eigenvalue weighted by Gasteiger charge is -2.13. The second-order valence-corrected chi connectivity index (χ2v) is 4.39. The largest absolute Gasteiger partial charge is 0.377 e. The molecule has 0 bridgehead atoms. The fourth-order valence-electron chi connectivity index (χ4n) is 1.13. The molecule has 0 fully saturated rings. The molecule has 0 unspecified atom stereocenters. The lowest BCUT2D eigenvalue weighted by Crippen LogP contribution is -2.33. The summed E-state index contributed by atoms with van der Waals surface area (Å²) in [7, 11) is 1.59. The molecule has 0 radical (unpaired) electrons. The van der Waals surface area contributed by atoms with Crippen LogP contribution < -0.4 is 11.3 Å². The van der Waals surface area contributed by atoms with E-state index in [2.05, 4.69) is 15.6 Å². The molecular weight excluding hydrogens is 208 g/mol. The average molecular weight is 226 g/mol. The fourth-order valence-corrected chi connectivity index (χ4v) is 1.13. The third kappa shape index (κ3) is 3.63. The van der Waals surface area contributed by atoms with Gasteiger partial charge in [0, 0.05) is 13.2 Å². The highest BCUT2D eigenvalue weighted by molar-refractivity contribution is 5.96. The van der Waals surface area contributed by atoms with E-state index in [0.29, 0.717) is 23.9 Å². The maximum Gasteiger partial charge on any atom is 0.165 e. The van der Waals surface area contributed by atoms with Crippen LogP contribution >= 0.6 is 0 Å². The molecular formula is C10H18N4O2. The zero-order valence-corrected chi connectivity index (χ0v) is 10.1. The van der Waals surface area contributed by atoms with E-state index >= 15 is 0 Å². The number of amidine groups is 1. The van der Waals surface area contributed by atoms with E-state index in [0.717, 1.165) is 0 Å². The molecule has 90 valence electrons. The Morgan fingerprint density at radius 3 is 2.81 bits per heavy atom. The highest BCUT2D eigenvalue weighted by atomic mass is 16.5. The Bertz CT molecular complexity index is 365. The van der Waals surface area contributed by atoms with Crippen LogP contribution in [0.1, 0.15) is 32.2 Å². The number of hydrogen-bond donors (Lipinski definition) is 2. The van der Waals surface area contributed by atoms with Gasteiger partial charge in [-0.2, -0.15) is 0 Å². The first-order valence-electron chi connectivity index (χ1n) is 4.97. The van der Waals surface area contributed by atoms with E-state index in [1.165, 1.54) is 0 Å². The number of hydrogen-bond acceptors (Lipinski definition) is 5. The van der Waals surface area contributed by atoms with Gasteiger partial charge >= 0.3 is 0 Å². The smallest absolute Gasteiger partial charge is 0.165 e. The second kappa shape index (κ2) is 5.09. The van der Waals surface area contributed by atoms with Gasteiger partial charge in [0.1, 0.15) is 12.3 Å². The van der Waals surface area contributed by atoms with E-state index in [4.69, 9.17) is 15.1 Å². The van der Waals surface area contributed by atoms with Crippen molar-refractivity contribution in [1.82, 2.24) is 10.6 Å². The van der Waals surface area contributed by atoms with E-state index in [1.54, 1.807) is 13.2 Å². The Morgan fingerprint density at radius 1 is 1.62 bits per heavy atom. The van der Waals surface area contributed by atoms with E-state index in [9.17, 15) is 0 Å². The van der Waals surface area contributed by atoms with Crippen molar-refractivity contribution in [3.05, 3.63) is 17.5 Å². The number of nitrogens with two attached hydrogens (primary N) is 1. The standard InChI is InChI=1S/C10H18N4O2/c1-10(2,3)12-9(13-11)8-5-7(6-15-4)16-14-8/h5H,6,11H2,1-4H3,(H,12,13). The second-order valence-electron chi connectivity index (χ2n) is 4.39. The van der Waals surface area contributed by atoms with Crippen LogP contribution in [0.2, 0.25) is 0 Å². The highest BCUT2D eigenvalue weighted by Crippen LogP contribution is 2.10. The zero-order chi connectivity index (χ0) is 12.2. The predicted octanol–water partition coefficient (Wildman–Crippen LogP) is 0.829. The van der Waals surface area contributed by atoms with Crippen molar-refractivity contribution in [2.45, 2.75) is 32.9 Å². The normalized spacial score (nSPS) is 12.9. The quantitative estimate of drug-likeness (QED) is 0.345. The van der Waals surface area contributed by atoms with Gasteiger partial charge < -0.3 is 14.7 Å². The summed E-state index contributed by atoms with van der Waals surface area (Å²) >= 11 is 0. The van der Waals surface area contributed by atoms with Gasteiger partial charge in [0.15, 0.2) is 11.6 Å². The monoisotopic (exact) mass is 226 g/mol. The van der Waals surface area contributed by atoms with Crippen LogP contribution in [0.15, 0.2) is 15.6 Å². The molecule has 1 aromatic heterocycles. The van der Waals surface area contributed by atoms with Gasteiger partial charge in [0.2, 0.25) is 0 Å². The Balaban J connectivity index is 2.91. The maximum atomic E-state index is 5.40. The lowest BCUT2D eigenvalue weighted by atomic mass is 10.1. The third-order valence-corrected chi connectivity index (χ3v) is 1.67. The molecule has 0 atom stereocenters. The summed E-state index contributed by atoms with van der Waals surface area (Å²) in [5, 5.41) is 3.86. The minimum absolute atomic E-state index is 0.234. The zero-order valence-electron chi connectivity index (χ0n) is 10.1. The molecule has 0 aliphatic rings. The molecule has 1 heterocycles. The van der Waals surface area contributed by atoms with Crippen molar-refractivity contribution in [3.63, 3.8) is 0 Å². The minimum Gasteiger partial charge on any atom is -0.377 e. The van der Waals surface area contributed by atoms with Crippen molar-refractivity contribution >= 4 is 5.84 Å². The molecule has 16 heavy (non-hydrogen) atoms. The summed E-state index contributed by atoms with van der Waals surface area (Å²) in [5.41, 5.74) is 2.86. The van der Waals surface area contributed by atoms with E-state index in [-0.39, 0.29) is 5.54 Å². The van der Waals surface area contributed by atoms with Gasteiger partial charge in [-0.15, -0.1) is 0 Å². The van der Waals surface area contributed by atoms with Gasteiger partial charge in [-0.3, -0.25) is 4.99 Å².